The van der Waals surface area contributed by atoms with Crippen molar-refractivity contribution in [3.63, 3.8) is 0 Å². The molecule has 0 radical (unpaired) electrons. The van der Waals surface area contributed by atoms with Crippen LogP contribution in [0.2, 0.25) is 0 Å². The largest absolute Gasteiger partial charge is 0.350 e. The summed E-state index contributed by atoms with van der Waals surface area (Å²) in [5.74, 6) is 0. The standard InChI is InChI=1S/C21H26N4O/c1-15-9-5-7-11-18(15)23-21(26)22-13-20(24(2)3)17-14-25(4)19-12-8-6-10-16(17)19/h5-12,14,20H,13H2,1-4H3,(H2,22,23,26). The van der Waals surface area contributed by atoms with Crippen LogP contribution in [0, 0.1) is 6.92 Å². The third kappa shape index (κ3) is 3.73. The van der Waals surface area contributed by atoms with Gasteiger partial charge in [0.25, 0.3) is 0 Å². The van der Waals surface area contributed by atoms with Crippen LogP contribution >= 0.6 is 0 Å². The Labute approximate surface area is 154 Å². The van der Waals surface area contributed by atoms with Crippen LogP contribution in [0.1, 0.15) is 17.2 Å². The number of para-hydroxylation sites is 2. The van der Waals surface area contributed by atoms with Crippen LogP contribution in [0.4, 0.5) is 10.5 Å². The van der Waals surface area contributed by atoms with Crippen molar-refractivity contribution < 1.29 is 4.79 Å². The monoisotopic (exact) mass is 350 g/mol. The van der Waals surface area contributed by atoms with Gasteiger partial charge in [-0.05, 0) is 44.3 Å². The fourth-order valence-electron chi connectivity index (χ4n) is 3.28. The maximum Gasteiger partial charge on any atom is 0.319 e. The van der Waals surface area contributed by atoms with Crippen molar-refractivity contribution in [2.75, 3.05) is 26.0 Å². The highest BCUT2D eigenvalue weighted by atomic mass is 16.2. The fraction of sp³-hybridized carbons (Fsp3) is 0.286. The van der Waals surface area contributed by atoms with Gasteiger partial charge in [-0.15, -0.1) is 0 Å². The number of amides is 2. The molecule has 0 saturated heterocycles. The number of anilines is 1. The van der Waals surface area contributed by atoms with Crippen molar-refractivity contribution in [2.45, 2.75) is 13.0 Å². The molecule has 0 aliphatic rings. The average Bonchev–Trinajstić information content (AvgIpc) is 2.94. The molecule has 0 fully saturated rings. The SMILES string of the molecule is Cc1ccccc1NC(=O)NCC(c1cn(C)c2ccccc12)N(C)C. The second-order valence-corrected chi connectivity index (χ2v) is 6.84. The Hall–Kier alpha value is -2.79. The van der Waals surface area contributed by atoms with Gasteiger partial charge >= 0.3 is 6.03 Å². The summed E-state index contributed by atoms with van der Waals surface area (Å²) in [4.78, 5) is 14.5. The quantitative estimate of drug-likeness (QED) is 0.733. The first-order valence-electron chi connectivity index (χ1n) is 8.78. The molecular formula is C21H26N4O. The Morgan fingerprint density at radius 2 is 1.81 bits per heavy atom. The van der Waals surface area contributed by atoms with E-state index in [2.05, 4.69) is 51.5 Å². The molecule has 136 valence electrons. The zero-order chi connectivity index (χ0) is 18.7. The third-order valence-corrected chi connectivity index (χ3v) is 4.76. The summed E-state index contributed by atoms with van der Waals surface area (Å²) in [5, 5.41) is 7.15. The van der Waals surface area contributed by atoms with Gasteiger partial charge in [-0.25, -0.2) is 4.79 Å². The van der Waals surface area contributed by atoms with Gasteiger partial charge in [0.05, 0.1) is 6.04 Å². The molecule has 3 aromatic rings. The van der Waals surface area contributed by atoms with E-state index >= 15 is 0 Å². The molecule has 2 aromatic carbocycles. The predicted molar refractivity (Wildman–Crippen MR) is 108 cm³/mol. The van der Waals surface area contributed by atoms with Gasteiger partial charge < -0.3 is 20.1 Å². The number of aryl methyl sites for hydroxylation is 2. The Morgan fingerprint density at radius 1 is 1.12 bits per heavy atom. The summed E-state index contributed by atoms with van der Waals surface area (Å²) in [5.41, 5.74) is 4.28. The predicted octanol–water partition coefficient (Wildman–Crippen LogP) is 3.91. The molecule has 0 saturated carbocycles. The molecule has 2 N–H and O–H groups in total. The highest BCUT2D eigenvalue weighted by Crippen LogP contribution is 2.28. The van der Waals surface area contributed by atoms with Crippen LogP contribution in [0.15, 0.2) is 54.7 Å². The van der Waals surface area contributed by atoms with Crippen LogP contribution in [-0.2, 0) is 7.05 Å². The molecule has 1 aromatic heterocycles. The second kappa shape index (κ2) is 7.62. The molecule has 3 rings (SSSR count). The van der Waals surface area contributed by atoms with Crippen molar-refractivity contribution in [1.82, 2.24) is 14.8 Å². The van der Waals surface area contributed by atoms with E-state index in [9.17, 15) is 4.79 Å². The maximum atomic E-state index is 12.3. The number of hydrogen-bond acceptors (Lipinski definition) is 2. The molecule has 1 unspecified atom stereocenters. The first kappa shape index (κ1) is 18.0. The lowest BCUT2D eigenvalue weighted by atomic mass is 10.0. The fourth-order valence-corrected chi connectivity index (χ4v) is 3.28. The number of aromatic nitrogens is 1. The highest BCUT2D eigenvalue weighted by Gasteiger charge is 2.20. The van der Waals surface area contributed by atoms with Gasteiger partial charge in [0.2, 0.25) is 0 Å². The number of hydrogen-bond donors (Lipinski definition) is 2. The Kier molecular flexibility index (Phi) is 5.28. The van der Waals surface area contributed by atoms with Crippen molar-refractivity contribution in [2.24, 2.45) is 7.05 Å². The number of benzene rings is 2. The van der Waals surface area contributed by atoms with Crippen molar-refractivity contribution >= 4 is 22.6 Å². The van der Waals surface area contributed by atoms with Gasteiger partial charge in [0, 0.05) is 36.4 Å². The molecule has 0 aliphatic heterocycles. The van der Waals surface area contributed by atoms with E-state index in [4.69, 9.17) is 0 Å². The van der Waals surface area contributed by atoms with Gasteiger partial charge in [-0.2, -0.15) is 0 Å². The summed E-state index contributed by atoms with van der Waals surface area (Å²) >= 11 is 0. The molecular weight excluding hydrogens is 324 g/mol. The van der Waals surface area contributed by atoms with Crippen LogP contribution < -0.4 is 10.6 Å². The van der Waals surface area contributed by atoms with Gasteiger partial charge in [0.15, 0.2) is 0 Å². The Morgan fingerprint density at radius 3 is 2.54 bits per heavy atom. The van der Waals surface area contributed by atoms with E-state index in [1.807, 2.05) is 51.4 Å². The number of carbonyl (C=O) groups is 1. The summed E-state index contributed by atoms with van der Waals surface area (Å²) in [6, 6.07) is 16.0. The molecule has 5 nitrogen and oxygen atoms in total. The lowest BCUT2D eigenvalue weighted by Crippen LogP contribution is -2.37. The molecule has 1 atom stereocenters. The lowest BCUT2D eigenvalue weighted by molar-refractivity contribution is 0.243. The van der Waals surface area contributed by atoms with E-state index in [1.165, 1.54) is 16.5 Å². The van der Waals surface area contributed by atoms with Crippen LogP contribution in [-0.4, -0.2) is 36.1 Å². The van der Waals surface area contributed by atoms with Crippen LogP contribution in [0.25, 0.3) is 10.9 Å². The normalized spacial score (nSPS) is 12.3. The molecule has 5 heteroatoms. The average molecular weight is 350 g/mol. The zero-order valence-electron chi connectivity index (χ0n) is 15.8. The smallest absolute Gasteiger partial charge is 0.319 e. The molecule has 2 amide bonds. The molecule has 0 bridgehead atoms. The summed E-state index contributed by atoms with van der Waals surface area (Å²) in [6.07, 6.45) is 2.15. The minimum Gasteiger partial charge on any atom is -0.350 e. The van der Waals surface area contributed by atoms with Gasteiger partial charge in [-0.1, -0.05) is 36.4 Å². The second-order valence-electron chi connectivity index (χ2n) is 6.84. The summed E-state index contributed by atoms with van der Waals surface area (Å²) in [6.45, 7) is 2.51. The lowest BCUT2D eigenvalue weighted by Gasteiger charge is -2.24. The topological polar surface area (TPSA) is 49.3 Å². The van der Waals surface area contributed by atoms with E-state index in [0.29, 0.717) is 6.54 Å². The minimum absolute atomic E-state index is 0.0868. The number of likely N-dealkylation sites (N-methyl/N-ethyl adjacent to an activating group) is 1. The molecule has 26 heavy (non-hydrogen) atoms. The molecule has 1 heterocycles. The first-order valence-corrected chi connectivity index (χ1v) is 8.78. The van der Waals surface area contributed by atoms with Crippen LogP contribution in [0.3, 0.4) is 0 Å². The number of rotatable bonds is 5. The molecule has 0 spiro atoms. The van der Waals surface area contributed by atoms with E-state index < -0.39 is 0 Å². The van der Waals surface area contributed by atoms with E-state index in [-0.39, 0.29) is 12.1 Å². The Bertz CT molecular complexity index is 913. The number of urea groups is 1. The van der Waals surface area contributed by atoms with Gasteiger partial charge in [0.1, 0.15) is 0 Å². The highest BCUT2D eigenvalue weighted by molar-refractivity contribution is 5.90. The van der Waals surface area contributed by atoms with E-state index in [1.54, 1.807) is 0 Å². The van der Waals surface area contributed by atoms with Crippen molar-refractivity contribution in [1.29, 1.82) is 0 Å². The minimum atomic E-state index is -0.189. The molecule has 0 aliphatic carbocycles. The van der Waals surface area contributed by atoms with E-state index in [0.717, 1.165) is 11.3 Å². The summed E-state index contributed by atoms with van der Waals surface area (Å²) in [7, 11) is 6.12. The third-order valence-electron chi connectivity index (χ3n) is 4.76. The number of fused-ring (bicyclic) bond motifs is 1. The number of carbonyl (C=O) groups excluding carboxylic acids is 1. The van der Waals surface area contributed by atoms with Crippen molar-refractivity contribution in [3.8, 4) is 0 Å². The summed E-state index contributed by atoms with van der Waals surface area (Å²) < 4.78 is 2.13. The first-order chi connectivity index (χ1) is 12.5. The zero-order valence-corrected chi connectivity index (χ0v) is 15.8. The van der Waals surface area contributed by atoms with Crippen LogP contribution in [0.5, 0.6) is 0 Å². The Balaban J connectivity index is 1.75. The number of nitrogens with one attached hydrogen (secondary N) is 2. The van der Waals surface area contributed by atoms with Crippen molar-refractivity contribution in [3.05, 3.63) is 65.9 Å². The number of nitrogens with zero attached hydrogens (tertiary/aromatic N) is 2. The maximum absolute atomic E-state index is 12.3. The van der Waals surface area contributed by atoms with Gasteiger partial charge in [-0.3, -0.25) is 0 Å².